The third kappa shape index (κ3) is 8.81. The van der Waals surface area contributed by atoms with Crippen LogP contribution in [0.1, 0.15) is 54.5 Å². The van der Waals surface area contributed by atoms with E-state index in [4.69, 9.17) is 16.3 Å². The number of nitrogens with zero attached hydrogens (tertiary/aromatic N) is 2. The summed E-state index contributed by atoms with van der Waals surface area (Å²) in [6.45, 7) is 4.89. The van der Waals surface area contributed by atoms with Crippen LogP contribution in [0.15, 0.2) is 163 Å². The quantitative estimate of drug-likeness (QED) is 0.0763. The molecular weight excluding hydrogens is 756 g/mol. The van der Waals surface area contributed by atoms with Crippen LogP contribution >= 0.6 is 11.6 Å². The van der Waals surface area contributed by atoms with Crippen molar-refractivity contribution >= 4 is 40.6 Å². The average molecular weight is 806 g/mol. The molecule has 2 aliphatic heterocycles. The van der Waals surface area contributed by atoms with E-state index < -0.39 is 22.8 Å². The summed E-state index contributed by atoms with van der Waals surface area (Å²) in [4.78, 5) is 26.2. The highest BCUT2D eigenvalue weighted by Gasteiger charge is 2.49. The van der Waals surface area contributed by atoms with Crippen molar-refractivity contribution in [3.63, 3.8) is 0 Å². The number of anilines is 1. The van der Waals surface area contributed by atoms with Crippen molar-refractivity contribution in [1.82, 2.24) is 0 Å². The van der Waals surface area contributed by atoms with E-state index in [1.807, 2.05) is 54.6 Å². The molecule has 0 radical (unpaired) electrons. The third-order valence-electron chi connectivity index (χ3n) is 11.7. The summed E-state index contributed by atoms with van der Waals surface area (Å²) in [5.41, 5.74) is 9.46. The molecule has 0 aliphatic carbocycles. The number of hydrogen-bond acceptors (Lipinski definition) is 4. The Balaban J connectivity index is 1.37. The molecule has 0 amide bonds. The predicted molar refractivity (Wildman–Crippen MR) is 237 cm³/mol. The number of ether oxygens (including phenoxy) is 1. The Bertz CT molecular complexity index is 2420. The molecule has 5 aromatic rings. The summed E-state index contributed by atoms with van der Waals surface area (Å²) < 4.78 is 7.83. The van der Waals surface area contributed by atoms with Gasteiger partial charge in [0.25, 0.3) is 0 Å². The lowest BCUT2D eigenvalue weighted by Crippen LogP contribution is -2.36. The van der Waals surface area contributed by atoms with Crippen LogP contribution in [0.4, 0.5) is 11.4 Å². The number of aliphatic carboxylic acids is 2. The van der Waals surface area contributed by atoms with Crippen molar-refractivity contribution in [2.75, 3.05) is 25.1 Å². The minimum absolute atomic E-state index is 0.0210. The number of rotatable bonds is 16. The minimum atomic E-state index is -0.864. The molecule has 59 heavy (non-hydrogen) atoms. The maximum Gasteiger partial charge on any atom is 0.309 e. The molecule has 1 atom stereocenters. The first kappa shape index (κ1) is 41.0. The van der Waals surface area contributed by atoms with Crippen molar-refractivity contribution < 1.29 is 29.1 Å². The van der Waals surface area contributed by atoms with Gasteiger partial charge in [0.15, 0.2) is 12.3 Å². The molecule has 2 aliphatic rings. The van der Waals surface area contributed by atoms with Crippen LogP contribution in [0.3, 0.4) is 0 Å². The summed E-state index contributed by atoms with van der Waals surface area (Å²) in [6, 6.07) is 43.2. The summed E-state index contributed by atoms with van der Waals surface area (Å²) in [6.07, 6.45) is 10.5. The zero-order chi connectivity index (χ0) is 41.6. The Morgan fingerprint density at radius 2 is 1.36 bits per heavy atom. The highest BCUT2D eigenvalue weighted by molar-refractivity contribution is 6.30. The first-order chi connectivity index (χ1) is 28.5. The Morgan fingerprint density at radius 1 is 0.763 bits per heavy atom. The zero-order valence-corrected chi connectivity index (χ0v) is 34.5. The van der Waals surface area contributed by atoms with E-state index in [1.54, 1.807) is 7.11 Å². The van der Waals surface area contributed by atoms with E-state index >= 15 is 0 Å². The molecular formula is C51H50ClN2O5+. The second-order valence-electron chi connectivity index (χ2n) is 15.7. The highest BCUT2D eigenvalue weighted by Crippen LogP contribution is 2.53. The number of methoxy groups -OCH3 is 1. The van der Waals surface area contributed by atoms with Crippen LogP contribution in [0.5, 0.6) is 5.75 Å². The summed E-state index contributed by atoms with van der Waals surface area (Å²) in [5.74, 6) is -0.977. The summed E-state index contributed by atoms with van der Waals surface area (Å²) in [5, 5.41) is 20.4. The van der Waals surface area contributed by atoms with Crippen molar-refractivity contribution in [2.45, 2.75) is 56.8 Å². The zero-order valence-electron chi connectivity index (χ0n) is 33.8. The van der Waals surface area contributed by atoms with Crippen LogP contribution in [0.2, 0.25) is 5.02 Å². The fraction of sp³-hybridized carbons (Fsp3) is 0.235. The van der Waals surface area contributed by atoms with Gasteiger partial charge in [-0.25, -0.2) is 0 Å². The summed E-state index contributed by atoms with van der Waals surface area (Å²) in [7, 11) is 1.66. The fourth-order valence-corrected chi connectivity index (χ4v) is 9.12. The van der Waals surface area contributed by atoms with Crippen LogP contribution < -0.4 is 9.64 Å². The maximum absolute atomic E-state index is 12.1. The maximum atomic E-state index is 12.1. The van der Waals surface area contributed by atoms with Gasteiger partial charge in [0.1, 0.15) is 12.2 Å². The van der Waals surface area contributed by atoms with Gasteiger partial charge in [0.05, 0.1) is 18.9 Å². The van der Waals surface area contributed by atoms with Crippen molar-refractivity contribution in [1.29, 1.82) is 0 Å². The fourth-order valence-electron chi connectivity index (χ4n) is 8.95. The SMILES string of the molecule is COc1ccc2c(c1)C(C)(Cc1ccccc1)C(C=CC(C)=CC=C1N(CCC(=O)O)c3ccc(Cl)cc3C1(Cc1ccccc1)Cc1ccccc1)=[N+]2CCC(=O)O. The van der Waals surface area contributed by atoms with Gasteiger partial charge in [-0.3, -0.25) is 9.59 Å². The molecule has 2 heterocycles. The Hall–Kier alpha value is -6.18. The molecule has 7 rings (SSSR count). The second kappa shape index (κ2) is 17.8. The van der Waals surface area contributed by atoms with E-state index in [2.05, 4.69) is 120 Å². The number of benzene rings is 5. The van der Waals surface area contributed by atoms with E-state index in [9.17, 15) is 19.8 Å². The molecule has 0 spiro atoms. The highest BCUT2D eigenvalue weighted by atomic mass is 35.5. The Morgan fingerprint density at radius 3 is 1.93 bits per heavy atom. The number of carboxylic acid groups (broad SMARTS) is 2. The normalized spacial score (nSPS) is 17.7. The van der Waals surface area contributed by atoms with Gasteiger partial charge in [-0.2, -0.15) is 4.58 Å². The molecule has 300 valence electrons. The van der Waals surface area contributed by atoms with Gasteiger partial charge in [-0.05, 0) is 91.8 Å². The van der Waals surface area contributed by atoms with Crippen molar-refractivity contribution in [3.05, 3.63) is 196 Å². The number of hydrogen-bond donors (Lipinski definition) is 2. The number of halogens is 1. The lowest BCUT2D eigenvalue weighted by molar-refractivity contribution is -0.436. The molecule has 8 heteroatoms. The van der Waals surface area contributed by atoms with Gasteiger partial charge in [0.2, 0.25) is 5.69 Å². The molecule has 5 aromatic carbocycles. The van der Waals surface area contributed by atoms with Gasteiger partial charge in [-0.15, -0.1) is 0 Å². The first-order valence-corrected chi connectivity index (χ1v) is 20.4. The van der Waals surface area contributed by atoms with Crippen molar-refractivity contribution in [3.8, 4) is 5.75 Å². The van der Waals surface area contributed by atoms with Gasteiger partial charge < -0.3 is 19.8 Å². The molecule has 7 nitrogen and oxygen atoms in total. The van der Waals surface area contributed by atoms with Gasteiger partial charge >= 0.3 is 11.9 Å². The number of fused-ring (bicyclic) bond motifs is 2. The van der Waals surface area contributed by atoms with E-state index in [-0.39, 0.29) is 12.8 Å². The standard InChI is InChI=1S/C51H49ClN2O5/c1-36(19-25-46-50(2,33-37-13-7-4-8-14-37)42-32-41(59-3)22-24-44(42)53(46)29-27-48(55)56)20-26-47-51(34-38-15-9-5-10-16-38,35-39-17-11-6-12-18-39)43-31-40(52)21-23-45(43)54(47)30-28-49(57)58/h4-26,31-32H,27-30,33-35H2,1-3H3,(H-,55,56,57,58)/p+1. The molecule has 1 unspecified atom stereocenters. The molecule has 0 fully saturated rings. The van der Waals surface area contributed by atoms with Crippen LogP contribution in [-0.2, 0) is 39.7 Å². The number of allylic oxidation sites excluding steroid dienone is 6. The number of carbonyl (C=O) groups is 2. The van der Waals surface area contributed by atoms with Crippen molar-refractivity contribution in [2.24, 2.45) is 0 Å². The molecule has 0 bridgehead atoms. The lowest BCUT2D eigenvalue weighted by atomic mass is 9.70. The molecule has 0 saturated heterocycles. The van der Waals surface area contributed by atoms with E-state index in [0.717, 1.165) is 56.4 Å². The Labute approximate surface area is 351 Å². The van der Waals surface area contributed by atoms with Crippen LogP contribution in [-0.4, -0.2) is 52.6 Å². The monoisotopic (exact) mass is 805 g/mol. The average Bonchev–Trinajstić information content (AvgIpc) is 3.61. The second-order valence-corrected chi connectivity index (χ2v) is 16.2. The molecule has 0 saturated carbocycles. The Kier molecular flexibility index (Phi) is 12.3. The van der Waals surface area contributed by atoms with Crippen LogP contribution in [0.25, 0.3) is 0 Å². The summed E-state index contributed by atoms with van der Waals surface area (Å²) >= 11 is 6.79. The first-order valence-electron chi connectivity index (χ1n) is 20.0. The third-order valence-corrected chi connectivity index (χ3v) is 11.9. The topological polar surface area (TPSA) is 90.1 Å². The number of carboxylic acids is 2. The van der Waals surface area contributed by atoms with Gasteiger partial charge in [-0.1, -0.05) is 120 Å². The van der Waals surface area contributed by atoms with Gasteiger partial charge in [0, 0.05) is 46.1 Å². The largest absolute Gasteiger partial charge is 0.497 e. The smallest absolute Gasteiger partial charge is 0.309 e. The molecule has 2 N–H and O–H groups in total. The van der Waals surface area contributed by atoms with E-state index in [1.165, 1.54) is 5.56 Å². The van der Waals surface area contributed by atoms with E-state index in [0.29, 0.717) is 37.4 Å². The predicted octanol–water partition coefficient (Wildman–Crippen LogP) is 10.5. The lowest BCUT2D eigenvalue weighted by Gasteiger charge is -2.34. The van der Waals surface area contributed by atoms with Crippen LogP contribution in [0, 0.1) is 0 Å². The minimum Gasteiger partial charge on any atom is -0.497 e. The molecule has 0 aromatic heterocycles.